The third-order valence-electron chi connectivity index (χ3n) is 11.1. The first kappa shape index (κ1) is 32.1. The fraction of sp³-hybridized carbons (Fsp3) is 0. The molecule has 0 saturated carbocycles. The highest BCUT2D eigenvalue weighted by molar-refractivity contribution is 7.91. The standard InChI is InChI=1S/C49H30N4O2S/c50-31-32-19-23-36(24-20-32)56(54,55)37-25-21-35(22-26-37)53-48-38(27-29-44-46(48)40-15-7-9-17-42(40)51(44)33-11-3-1-4-12-33)39-28-30-45-47(49(39)53)41-16-8-10-18-43(41)52(45)34-13-5-2-6-14-34/h1-30H. The second-order valence-electron chi connectivity index (χ2n) is 14.1. The Morgan fingerprint density at radius 2 is 0.786 bits per heavy atom. The van der Waals surface area contributed by atoms with Gasteiger partial charge in [0, 0.05) is 49.4 Å². The lowest BCUT2D eigenvalue weighted by Crippen LogP contribution is -2.03. The predicted molar refractivity (Wildman–Crippen MR) is 226 cm³/mol. The lowest BCUT2D eigenvalue weighted by atomic mass is 10.1. The highest BCUT2D eigenvalue weighted by Crippen LogP contribution is 2.46. The Bertz CT molecular complexity index is 3350. The molecule has 3 heterocycles. The molecule has 0 aliphatic rings. The van der Waals surface area contributed by atoms with Gasteiger partial charge in [-0.1, -0.05) is 84.9 Å². The minimum atomic E-state index is -3.84. The summed E-state index contributed by atoms with van der Waals surface area (Å²) in [5, 5.41) is 16.0. The van der Waals surface area contributed by atoms with Gasteiger partial charge in [0.05, 0.1) is 54.5 Å². The van der Waals surface area contributed by atoms with Crippen LogP contribution in [0.4, 0.5) is 0 Å². The van der Waals surface area contributed by atoms with Crippen molar-refractivity contribution in [3.05, 3.63) is 188 Å². The number of nitriles is 1. The molecule has 56 heavy (non-hydrogen) atoms. The van der Waals surface area contributed by atoms with E-state index in [1.54, 1.807) is 12.1 Å². The first-order valence-corrected chi connectivity index (χ1v) is 19.9. The van der Waals surface area contributed by atoms with Crippen molar-refractivity contribution < 1.29 is 8.42 Å². The molecule has 0 bridgehead atoms. The van der Waals surface area contributed by atoms with Crippen LogP contribution in [0.3, 0.4) is 0 Å². The molecular formula is C49H30N4O2S. The minimum Gasteiger partial charge on any atom is -0.309 e. The van der Waals surface area contributed by atoms with Gasteiger partial charge in [-0.25, -0.2) is 8.42 Å². The van der Waals surface area contributed by atoms with E-state index < -0.39 is 9.84 Å². The van der Waals surface area contributed by atoms with E-state index in [2.05, 4.69) is 141 Å². The van der Waals surface area contributed by atoms with E-state index in [0.717, 1.165) is 82.5 Å². The SMILES string of the molecule is N#Cc1ccc(S(=O)(=O)c2ccc(-n3c4c(ccc5c4c4ccccc4n5-c4ccccc4)c4ccc5c(c6ccccc6n5-c5ccccc5)c43)cc2)cc1. The van der Waals surface area contributed by atoms with Crippen molar-refractivity contribution in [1.29, 1.82) is 5.26 Å². The number of hydrogen-bond donors (Lipinski definition) is 0. The minimum absolute atomic E-state index is 0.145. The molecule has 3 aromatic heterocycles. The topological polar surface area (TPSA) is 72.7 Å². The molecule has 0 saturated heterocycles. The summed E-state index contributed by atoms with van der Waals surface area (Å²) >= 11 is 0. The quantitative estimate of drug-likeness (QED) is 0.176. The van der Waals surface area contributed by atoms with Gasteiger partial charge in [0.25, 0.3) is 0 Å². The van der Waals surface area contributed by atoms with Crippen LogP contribution in [0.2, 0.25) is 0 Å². The van der Waals surface area contributed by atoms with E-state index in [-0.39, 0.29) is 9.79 Å². The van der Waals surface area contributed by atoms with Crippen LogP contribution in [-0.4, -0.2) is 22.1 Å². The van der Waals surface area contributed by atoms with Crippen molar-refractivity contribution in [1.82, 2.24) is 13.7 Å². The summed E-state index contributed by atoms with van der Waals surface area (Å²) in [4.78, 5) is 0.329. The summed E-state index contributed by atoms with van der Waals surface area (Å²) in [6.07, 6.45) is 0. The Morgan fingerprint density at radius 3 is 1.25 bits per heavy atom. The first-order valence-electron chi connectivity index (χ1n) is 18.4. The first-order chi connectivity index (χ1) is 27.5. The molecule has 0 atom stereocenters. The highest BCUT2D eigenvalue weighted by atomic mass is 32.2. The smallest absolute Gasteiger partial charge is 0.206 e. The molecule has 264 valence electrons. The zero-order valence-electron chi connectivity index (χ0n) is 29.8. The van der Waals surface area contributed by atoms with Crippen molar-refractivity contribution in [3.8, 4) is 23.1 Å². The van der Waals surface area contributed by atoms with Gasteiger partial charge in [0.15, 0.2) is 0 Å². The Morgan fingerprint density at radius 1 is 0.375 bits per heavy atom. The van der Waals surface area contributed by atoms with Crippen LogP contribution < -0.4 is 0 Å². The molecule has 7 heteroatoms. The summed E-state index contributed by atoms with van der Waals surface area (Å²) in [7, 11) is -3.84. The maximum absolute atomic E-state index is 13.9. The van der Waals surface area contributed by atoms with Crippen LogP contribution in [0.5, 0.6) is 0 Å². The van der Waals surface area contributed by atoms with Crippen molar-refractivity contribution in [2.45, 2.75) is 9.79 Å². The van der Waals surface area contributed by atoms with Crippen molar-refractivity contribution in [2.75, 3.05) is 0 Å². The van der Waals surface area contributed by atoms with Gasteiger partial charge in [-0.05, 0) is 97.1 Å². The van der Waals surface area contributed by atoms with Crippen molar-refractivity contribution >= 4 is 75.3 Å². The zero-order valence-corrected chi connectivity index (χ0v) is 30.7. The fourth-order valence-corrected chi connectivity index (χ4v) is 9.94. The van der Waals surface area contributed by atoms with E-state index in [0.29, 0.717) is 5.56 Å². The molecule has 0 fully saturated rings. The van der Waals surface area contributed by atoms with Gasteiger partial charge >= 0.3 is 0 Å². The third-order valence-corrected chi connectivity index (χ3v) is 12.9. The van der Waals surface area contributed by atoms with E-state index in [1.807, 2.05) is 24.3 Å². The highest BCUT2D eigenvalue weighted by Gasteiger charge is 2.25. The summed E-state index contributed by atoms with van der Waals surface area (Å²) in [5.74, 6) is 0. The van der Waals surface area contributed by atoms with Crippen LogP contribution in [0.25, 0.3) is 82.5 Å². The summed E-state index contributed by atoms with van der Waals surface area (Å²) in [5.41, 5.74) is 9.87. The molecule has 6 nitrogen and oxygen atoms in total. The molecule has 0 unspecified atom stereocenters. The Labute approximate surface area is 321 Å². The van der Waals surface area contributed by atoms with Gasteiger partial charge in [-0.15, -0.1) is 0 Å². The monoisotopic (exact) mass is 738 g/mol. The maximum Gasteiger partial charge on any atom is 0.206 e. The number of benzene rings is 8. The average molecular weight is 739 g/mol. The van der Waals surface area contributed by atoms with Gasteiger partial charge in [0.2, 0.25) is 9.84 Å². The Hall–Kier alpha value is -7.40. The summed E-state index contributed by atoms with van der Waals surface area (Å²) in [6.45, 7) is 0. The molecule has 0 N–H and O–H groups in total. The van der Waals surface area contributed by atoms with Crippen LogP contribution in [0.1, 0.15) is 5.56 Å². The molecule has 11 aromatic rings. The van der Waals surface area contributed by atoms with E-state index >= 15 is 0 Å². The van der Waals surface area contributed by atoms with Crippen LogP contribution in [-0.2, 0) is 9.84 Å². The molecule has 0 aliphatic heterocycles. The van der Waals surface area contributed by atoms with Gasteiger partial charge in [-0.3, -0.25) is 0 Å². The molecule has 0 radical (unpaired) electrons. The molecular weight excluding hydrogens is 709 g/mol. The third kappa shape index (κ3) is 4.51. The van der Waals surface area contributed by atoms with E-state index in [9.17, 15) is 13.7 Å². The normalized spacial score (nSPS) is 12.1. The molecule has 8 aromatic carbocycles. The van der Waals surface area contributed by atoms with Crippen molar-refractivity contribution in [2.24, 2.45) is 0 Å². The largest absolute Gasteiger partial charge is 0.309 e. The number of nitrogens with zero attached hydrogens (tertiary/aromatic N) is 4. The van der Waals surface area contributed by atoms with Gasteiger partial charge in [-0.2, -0.15) is 5.26 Å². The fourth-order valence-electron chi connectivity index (χ4n) is 8.68. The van der Waals surface area contributed by atoms with Gasteiger partial charge in [0.1, 0.15) is 0 Å². The lowest BCUT2D eigenvalue weighted by Gasteiger charge is -2.12. The van der Waals surface area contributed by atoms with Crippen molar-refractivity contribution in [3.63, 3.8) is 0 Å². The zero-order chi connectivity index (χ0) is 37.5. The molecule has 11 rings (SSSR count). The predicted octanol–water partition coefficient (Wildman–Crippen LogP) is 11.7. The molecule has 0 aliphatic carbocycles. The summed E-state index contributed by atoms with van der Waals surface area (Å²) < 4.78 is 34.8. The average Bonchev–Trinajstić information content (AvgIpc) is 3.90. The van der Waals surface area contributed by atoms with Gasteiger partial charge < -0.3 is 13.7 Å². The molecule has 0 amide bonds. The number of sulfone groups is 1. The number of aromatic nitrogens is 3. The molecule has 0 spiro atoms. The Balaban J connectivity index is 1.29. The van der Waals surface area contributed by atoms with E-state index in [4.69, 9.17) is 0 Å². The van der Waals surface area contributed by atoms with Crippen LogP contribution >= 0.6 is 0 Å². The maximum atomic E-state index is 13.9. The lowest BCUT2D eigenvalue weighted by molar-refractivity contribution is 0.596. The number of rotatable bonds is 5. The Kier molecular flexibility index (Phi) is 6.90. The number of hydrogen-bond acceptors (Lipinski definition) is 3. The number of para-hydroxylation sites is 4. The summed E-state index contributed by atoms with van der Waals surface area (Å²) in [6, 6.07) is 62.3. The second-order valence-corrected chi connectivity index (χ2v) is 16.0. The van der Waals surface area contributed by atoms with Crippen LogP contribution in [0, 0.1) is 11.3 Å². The number of fused-ring (bicyclic) bond motifs is 11. The second kappa shape index (κ2) is 12.1. The van der Waals surface area contributed by atoms with Crippen LogP contribution in [0.15, 0.2) is 192 Å². The van der Waals surface area contributed by atoms with E-state index in [1.165, 1.54) is 24.3 Å².